The normalized spacial score (nSPS) is 11.8. The fourth-order valence-electron chi connectivity index (χ4n) is 3.10. The van der Waals surface area contributed by atoms with E-state index in [9.17, 15) is 14.0 Å². The third kappa shape index (κ3) is 6.58. The third-order valence-corrected chi connectivity index (χ3v) is 4.86. The third-order valence-electron chi connectivity index (χ3n) is 4.86. The predicted molar refractivity (Wildman–Crippen MR) is 116 cm³/mol. The van der Waals surface area contributed by atoms with Crippen molar-refractivity contribution in [2.24, 2.45) is 5.92 Å². The zero-order chi connectivity index (χ0) is 22.1. The maximum absolute atomic E-state index is 13.9. The Labute approximate surface area is 178 Å². The first kappa shape index (κ1) is 23.4. The summed E-state index contributed by atoms with van der Waals surface area (Å²) in [5.41, 5.74) is 1.98. The van der Waals surface area contributed by atoms with E-state index in [1.165, 1.54) is 17.0 Å². The van der Waals surface area contributed by atoms with Crippen molar-refractivity contribution in [3.8, 4) is 5.75 Å². The van der Waals surface area contributed by atoms with Gasteiger partial charge in [-0.2, -0.15) is 0 Å². The molecule has 2 amide bonds. The van der Waals surface area contributed by atoms with Gasteiger partial charge in [0.05, 0.1) is 0 Å². The molecule has 2 aromatic carbocycles. The molecule has 0 aliphatic heterocycles. The number of nitrogens with zero attached hydrogens (tertiary/aromatic N) is 1. The second-order valence-corrected chi connectivity index (χ2v) is 7.73. The topological polar surface area (TPSA) is 58.6 Å². The molecule has 5 nitrogen and oxygen atoms in total. The predicted octanol–water partition coefficient (Wildman–Crippen LogP) is 4.09. The lowest BCUT2D eigenvalue weighted by Gasteiger charge is -2.31. The molecule has 6 heteroatoms. The number of amides is 2. The molecule has 1 N–H and O–H groups in total. The molecule has 30 heavy (non-hydrogen) atoms. The molecule has 0 saturated heterocycles. The molecule has 0 bridgehead atoms. The lowest BCUT2D eigenvalue weighted by Crippen LogP contribution is -2.50. The van der Waals surface area contributed by atoms with E-state index in [-0.39, 0.29) is 30.7 Å². The number of para-hydroxylation sites is 1. The molecule has 0 spiro atoms. The van der Waals surface area contributed by atoms with E-state index in [1.807, 2.05) is 52.0 Å². The van der Waals surface area contributed by atoms with Gasteiger partial charge in [-0.3, -0.25) is 9.59 Å². The van der Waals surface area contributed by atoms with Crippen LogP contribution in [0.5, 0.6) is 5.75 Å². The number of carbonyl (C=O) groups is 2. The summed E-state index contributed by atoms with van der Waals surface area (Å²) in [5, 5.41) is 2.92. The van der Waals surface area contributed by atoms with Gasteiger partial charge < -0.3 is 15.0 Å². The van der Waals surface area contributed by atoms with Gasteiger partial charge in [0.15, 0.2) is 18.2 Å². The Morgan fingerprint density at radius 2 is 1.77 bits per heavy atom. The van der Waals surface area contributed by atoms with Crippen LogP contribution < -0.4 is 10.1 Å². The van der Waals surface area contributed by atoms with Gasteiger partial charge in [0.25, 0.3) is 5.91 Å². The molecule has 0 fully saturated rings. The monoisotopic (exact) mass is 414 g/mol. The lowest BCUT2D eigenvalue weighted by molar-refractivity contribution is -0.143. The number of nitrogens with one attached hydrogen (secondary N) is 1. The Morgan fingerprint density at radius 1 is 1.10 bits per heavy atom. The minimum absolute atomic E-state index is 0.0130. The van der Waals surface area contributed by atoms with Gasteiger partial charge in [-0.15, -0.1) is 0 Å². The molecule has 2 rings (SSSR count). The van der Waals surface area contributed by atoms with Gasteiger partial charge in [-0.1, -0.05) is 57.2 Å². The van der Waals surface area contributed by atoms with E-state index in [1.54, 1.807) is 12.1 Å². The molecule has 0 aliphatic carbocycles. The summed E-state index contributed by atoms with van der Waals surface area (Å²) in [4.78, 5) is 27.4. The molecule has 0 aromatic heterocycles. The second kappa shape index (κ2) is 11.3. The van der Waals surface area contributed by atoms with Crippen molar-refractivity contribution in [3.63, 3.8) is 0 Å². The van der Waals surface area contributed by atoms with Crippen LogP contribution in [-0.4, -0.2) is 35.9 Å². The second-order valence-electron chi connectivity index (χ2n) is 7.73. The van der Waals surface area contributed by atoms with Crippen molar-refractivity contribution in [1.82, 2.24) is 10.2 Å². The largest absolute Gasteiger partial charge is 0.481 e. The molecular formula is C24H31FN2O3. The number of halogens is 1. The van der Waals surface area contributed by atoms with Crippen LogP contribution in [0.2, 0.25) is 0 Å². The van der Waals surface area contributed by atoms with Gasteiger partial charge in [0, 0.05) is 13.1 Å². The summed E-state index contributed by atoms with van der Waals surface area (Å²) in [7, 11) is 0. The first-order chi connectivity index (χ1) is 14.3. The smallest absolute Gasteiger partial charge is 0.261 e. The highest BCUT2D eigenvalue weighted by Gasteiger charge is 2.29. The molecule has 0 radical (unpaired) electrons. The maximum atomic E-state index is 13.9. The van der Waals surface area contributed by atoms with Gasteiger partial charge in [-0.25, -0.2) is 4.39 Å². The van der Waals surface area contributed by atoms with Crippen LogP contribution in [0.1, 0.15) is 38.3 Å². The van der Waals surface area contributed by atoms with E-state index in [0.717, 1.165) is 11.1 Å². The number of carbonyl (C=O) groups excluding carboxylic acids is 2. The number of rotatable bonds is 10. The summed E-state index contributed by atoms with van der Waals surface area (Å²) in [5.74, 6) is -0.778. The average Bonchev–Trinajstić information content (AvgIpc) is 2.72. The minimum Gasteiger partial charge on any atom is -0.481 e. The van der Waals surface area contributed by atoms with E-state index in [0.29, 0.717) is 18.9 Å². The zero-order valence-corrected chi connectivity index (χ0v) is 18.2. The first-order valence-electron chi connectivity index (χ1n) is 10.3. The number of ether oxygens (including phenoxy) is 1. The first-order valence-corrected chi connectivity index (χ1v) is 10.3. The summed E-state index contributed by atoms with van der Waals surface area (Å²) in [6.45, 7) is 8.33. The quantitative estimate of drug-likeness (QED) is 0.637. The highest BCUT2D eigenvalue weighted by Crippen LogP contribution is 2.18. The Morgan fingerprint density at radius 3 is 2.40 bits per heavy atom. The number of aryl methyl sites for hydroxylation is 1. The van der Waals surface area contributed by atoms with Crippen LogP contribution in [0.4, 0.5) is 4.39 Å². The lowest BCUT2D eigenvalue weighted by atomic mass is 10.1. The highest BCUT2D eigenvalue weighted by molar-refractivity contribution is 5.88. The van der Waals surface area contributed by atoms with Gasteiger partial charge in [0.2, 0.25) is 5.91 Å². The Balaban J connectivity index is 2.22. The van der Waals surface area contributed by atoms with Crippen molar-refractivity contribution < 1.29 is 18.7 Å². The fraction of sp³-hybridized carbons (Fsp3) is 0.417. The van der Waals surface area contributed by atoms with Crippen molar-refractivity contribution in [1.29, 1.82) is 0 Å². The molecule has 0 saturated carbocycles. The molecular weight excluding hydrogens is 383 g/mol. The fourth-order valence-corrected chi connectivity index (χ4v) is 3.10. The number of benzene rings is 2. The summed E-state index contributed by atoms with van der Waals surface area (Å²) in [6.07, 6.45) is 0.460. The zero-order valence-electron chi connectivity index (χ0n) is 18.2. The van der Waals surface area contributed by atoms with Crippen LogP contribution in [0, 0.1) is 18.7 Å². The van der Waals surface area contributed by atoms with Gasteiger partial charge in [-0.05, 0) is 42.5 Å². The summed E-state index contributed by atoms with van der Waals surface area (Å²) >= 11 is 0. The van der Waals surface area contributed by atoms with Crippen molar-refractivity contribution in [2.45, 2.75) is 46.7 Å². The van der Waals surface area contributed by atoms with E-state index >= 15 is 0 Å². The van der Waals surface area contributed by atoms with Crippen LogP contribution in [-0.2, 0) is 16.1 Å². The molecule has 0 aliphatic rings. The summed E-state index contributed by atoms with van der Waals surface area (Å²) < 4.78 is 19.3. The molecule has 162 valence electrons. The summed E-state index contributed by atoms with van der Waals surface area (Å²) in [6, 6.07) is 13.0. The van der Waals surface area contributed by atoms with Crippen LogP contribution in [0.15, 0.2) is 48.5 Å². The van der Waals surface area contributed by atoms with Crippen LogP contribution >= 0.6 is 0 Å². The molecule has 2 aromatic rings. The molecule has 0 heterocycles. The van der Waals surface area contributed by atoms with E-state index in [2.05, 4.69) is 5.32 Å². The number of hydrogen-bond acceptors (Lipinski definition) is 3. The number of hydrogen-bond donors (Lipinski definition) is 1. The van der Waals surface area contributed by atoms with E-state index in [4.69, 9.17) is 4.74 Å². The van der Waals surface area contributed by atoms with Gasteiger partial charge in [0.1, 0.15) is 6.04 Å². The van der Waals surface area contributed by atoms with Crippen molar-refractivity contribution in [2.75, 3.05) is 13.2 Å². The van der Waals surface area contributed by atoms with Gasteiger partial charge >= 0.3 is 0 Å². The Kier molecular flexibility index (Phi) is 8.84. The molecule has 1 atom stereocenters. The Hall–Kier alpha value is -2.89. The Bertz CT molecular complexity index is 854. The van der Waals surface area contributed by atoms with Crippen LogP contribution in [0.25, 0.3) is 0 Å². The SMILES string of the molecule is CC[C@@H](C(=O)NCC(C)C)N(Cc1ccccc1C)C(=O)COc1ccccc1F. The maximum Gasteiger partial charge on any atom is 0.261 e. The van der Waals surface area contributed by atoms with Crippen molar-refractivity contribution in [3.05, 3.63) is 65.5 Å². The standard InChI is InChI=1S/C24H31FN2O3/c1-5-21(24(29)26-14-17(2)3)27(15-19-11-7-6-10-18(19)4)23(28)16-30-22-13-9-8-12-20(22)25/h6-13,17,21H,5,14-16H2,1-4H3,(H,26,29)/t21-/m0/s1. The molecule has 0 unspecified atom stereocenters. The van der Waals surface area contributed by atoms with Crippen molar-refractivity contribution >= 4 is 11.8 Å². The highest BCUT2D eigenvalue weighted by atomic mass is 19.1. The van der Waals surface area contributed by atoms with E-state index < -0.39 is 11.9 Å². The minimum atomic E-state index is -0.639. The van der Waals surface area contributed by atoms with Crippen LogP contribution in [0.3, 0.4) is 0 Å². The average molecular weight is 415 g/mol.